The van der Waals surface area contributed by atoms with Crippen LogP contribution in [0, 0.1) is 0 Å². The van der Waals surface area contributed by atoms with E-state index in [1.54, 1.807) is 6.07 Å². The molecule has 1 aliphatic rings. The molecule has 0 spiro atoms. The highest BCUT2D eigenvalue weighted by Crippen LogP contribution is 2.50. The number of ether oxygens (including phenoxy) is 1. The molecule has 0 saturated heterocycles. The molecule has 0 fully saturated rings. The summed E-state index contributed by atoms with van der Waals surface area (Å²) in [6.45, 7) is 3.75. The Morgan fingerprint density at radius 2 is 2.07 bits per heavy atom. The molecule has 2 rings (SSSR count). The number of hydrogen-bond donors (Lipinski definition) is 0. The van der Waals surface area contributed by atoms with E-state index in [2.05, 4.69) is 0 Å². The molecule has 0 saturated carbocycles. The van der Waals surface area contributed by atoms with Crippen LogP contribution < -0.4 is 4.74 Å². The standard InChI is InChI=1S/C9H9ClO3S2/c1-9(2)13-8-6(14-9)4-3-5-7(8)15(10,11)12/h3-5H,1-2H3. The first-order valence-corrected chi connectivity index (χ1v) is 7.38. The van der Waals surface area contributed by atoms with Crippen LogP contribution in [0.15, 0.2) is 28.0 Å². The smallest absolute Gasteiger partial charge is 0.265 e. The van der Waals surface area contributed by atoms with Gasteiger partial charge in [-0.25, -0.2) is 8.42 Å². The van der Waals surface area contributed by atoms with Gasteiger partial charge in [0.05, 0.1) is 4.90 Å². The molecule has 0 radical (unpaired) electrons. The van der Waals surface area contributed by atoms with Crippen molar-refractivity contribution in [1.82, 2.24) is 0 Å². The number of rotatable bonds is 1. The second-order valence-electron chi connectivity index (χ2n) is 3.63. The van der Waals surface area contributed by atoms with Crippen molar-refractivity contribution in [1.29, 1.82) is 0 Å². The Hall–Kier alpha value is -0.390. The lowest BCUT2D eigenvalue weighted by molar-refractivity contribution is 0.209. The molecule has 3 nitrogen and oxygen atoms in total. The van der Waals surface area contributed by atoms with E-state index in [0.29, 0.717) is 5.75 Å². The molecule has 1 aromatic rings. The first-order chi connectivity index (χ1) is 6.80. The van der Waals surface area contributed by atoms with E-state index in [1.807, 2.05) is 19.9 Å². The van der Waals surface area contributed by atoms with Gasteiger partial charge < -0.3 is 4.74 Å². The van der Waals surface area contributed by atoms with Gasteiger partial charge in [-0.3, -0.25) is 0 Å². The third-order valence-corrected chi connectivity index (χ3v) is 4.37. The summed E-state index contributed by atoms with van der Waals surface area (Å²) in [6, 6.07) is 4.93. The van der Waals surface area contributed by atoms with E-state index in [-0.39, 0.29) is 4.90 Å². The number of thioether (sulfide) groups is 1. The van der Waals surface area contributed by atoms with Gasteiger partial charge in [0, 0.05) is 10.7 Å². The van der Waals surface area contributed by atoms with Crippen molar-refractivity contribution >= 4 is 31.5 Å². The van der Waals surface area contributed by atoms with Crippen molar-refractivity contribution in [3.8, 4) is 5.75 Å². The average Bonchev–Trinajstić information content (AvgIpc) is 2.35. The van der Waals surface area contributed by atoms with Gasteiger partial charge in [0.1, 0.15) is 4.90 Å². The SMILES string of the molecule is CC1(C)Oc2c(cccc2S(=O)(=O)Cl)S1. The lowest BCUT2D eigenvalue weighted by Gasteiger charge is -2.16. The van der Waals surface area contributed by atoms with E-state index in [4.69, 9.17) is 15.4 Å². The van der Waals surface area contributed by atoms with Crippen LogP contribution in [-0.4, -0.2) is 13.4 Å². The Bertz CT molecular complexity index is 508. The van der Waals surface area contributed by atoms with Crippen LogP contribution >= 0.6 is 22.4 Å². The zero-order valence-electron chi connectivity index (χ0n) is 8.15. The van der Waals surface area contributed by atoms with Crippen molar-refractivity contribution in [2.75, 3.05) is 0 Å². The first-order valence-electron chi connectivity index (χ1n) is 4.25. The van der Waals surface area contributed by atoms with Crippen LogP contribution in [0.4, 0.5) is 0 Å². The maximum Gasteiger partial charge on any atom is 0.265 e. The summed E-state index contributed by atoms with van der Waals surface area (Å²) < 4.78 is 28.1. The van der Waals surface area contributed by atoms with Crippen molar-refractivity contribution in [3.05, 3.63) is 18.2 Å². The third-order valence-electron chi connectivity index (χ3n) is 1.91. The summed E-state index contributed by atoms with van der Waals surface area (Å²) in [5.74, 6) is 0.363. The third kappa shape index (κ3) is 2.09. The molecule has 15 heavy (non-hydrogen) atoms. The van der Waals surface area contributed by atoms with Gasteiger partial charge in [-0.05, 0) is 26.0 Å². The highest BCUT2D eigenvalue weighted by Gasteiger charge is 2.35. The van der Waals surface area contributed by atoms with Crippen molar-refractivity contribution in [2.24, 2.45) is 0 Å². The van der Waals surface area contributed by atoms with E-state index in [9.17, 15) is 8.42 Å². The monoisotopic (exact) mass is 264 g/mol. The number of para-hydroxylation sites is 1. The number of fused-ring (bicyclic) bond motifs is 1. The molecule has 0 amide bonds. The Balaban J connectivity index is 2.61. The predicted molar refractivity (Wildman–Crippen MR) is 60.0 cm³/mol. The summed E-state index contributed by atoms with van der Waals surface area (Å²) in [4.78, 5) is 0.404. The first kappa shape index (κ1) is 11.1. The van der Waals surface area contributed by atoms with E-state index < -0.39 is 14.0 Å². The molecule has 6 heteroatoms. The number of benzene rings is 1. The summed E-state index contributed by atoms with van der Waals surface area (Å²) in [5.41, 5.74) is 0. The number of halogens is 1. The quantitative estimate of drug-likeness (QED) is 0.732. The summed E-state index contributed by atoms with van der Waals surface area (Å²) in [7, 11) is 1.57. The summed E-state index contributed by atoms with van der Waals surface area (Å²) in [6.07, 6.45) is 0. The molecule has 0 unspecified atom stereocenters. The Morgan fingerprint density at radius 3 is 2.67 bits per heavy atom. The van der Waals surface area contributed by atoms with Gasteiger partial charge in [0.2, 0.25) is 0 Å². The van der Waals surface area contributed by atoms with Gasteiger partial charge in [0.15, 0.2) is 10.7 Å². The minimum atomic E-state index is -3.74. The molecule has 0 aromatic heterocycles. The van der Waals surface area contributed by atoms with E-state index in [1.165, 1.54) is 17.8 Å². The fourth-order valence-corrected chi connectivity index (χ4v) is 3.49. The molecule has 1 aromatic carbocycles. The van der Waals surface area contributed by atoms with Gasteiger partial charge in [-0.2, -0.15) is 0 Å². The minimum absolute atomic E-state index is 0.0414. The van der Waals surface area contributed by atoms with Crippen molar-refractivity contribution < 1.29 is 13.2 Å². The average molecular weight is 265 g/mol. The van der Waals surface area contributed by atoms with Gasteiger partial charge in [0.25, 0.3) is 9.05 Å². The summed E-state index contributed by atoms with van der Waals surface area (Å²) >= 11 is 1.48. The molecular formula is C9H9ClO3S2. The van der Waals surface area contributed by atoms with Gasteiger partial charge in [-0.15, -0.1) is 0 Å². The van der Waals surface area contributed by atoms with E-state index in [0.717, 1.165) is 4.90 Å². The fourth-order valence-electron chi connectivity index (χ4n) is 1.40. The molecule has 0 N–H and O–H groups in total. The molecule has 0 atom stereocenters. The van der Waals surface area contributed by atoms with Crippen LogP contribution in [0.5, 0.6) is 5.75 Å². The second-order valence-corrected chi connectivity index (χ2v) is 7.79. The minimum Gasteiger partial charge on any atom is -0.474 e. The van der Waals surface area contributed by atoms with E-state index >= 15 is 0 Å². The van der Waals surface area contributed by atoms with Crippen LogP contribution in [0.3, 0.4) is 0 Å². The molecule has 82 valence electrons. The zero-order valence-corrected chi connectivity index (χ0v) is 10.5. The molecule has 0 aliphatic carbocycles. The second kappa shape index (κ2) is 3.30. The van der Waals surface area contributed by atoms with Gasteiger partial charge >= 0.3 is 0 Å². The zero-order chi connectivity index (χ0) is 11.3. The summed E-state index contributed by atoms with van der Waals surface area (Å²) in [5, 5.41) is 0. The lowest BCUT2D eigenvalue weighted by atomic mass is 10.3. The fraction of sp³-hybridized carbons (Fsp3) is 0.333. The van der Waals surface area contributed by atoms with Crippen molar-refractivity contribution in [2.45, 2.75) is 28.6 Å². The highest BCUT2D eigenvalue weighted by molar-refractivity contribution is 8.13. The lowest BCUT2D eigenvalue weighted by Crippen LogP contribution is -2.18. The molecular weight excluding hydrogens is 256 g/mol. The number of hydrogen-bond acceptors (Lipinski definition) is 4. The Kier molecular flexibility index (Phi) is 2.44. The van der Waals surface area contributed by atoms with Crippen LogP contribution in [0.25, 0.3) is 0 Å². The van der Waals surface area contributed by atoms with Gasteiger partial charge in [-0.1, -0.05) is 17.8 Å². The molecule has 1 heterocycles. The van der Waals surface area contributed by atoms with Crippen molar-refractivity contribution in [3.63, 3.8) is 0 Å². The maximum atomic E-state index is 11.3. The van der Waals surface area contributed by atoms with Crippen LogP contribution in [-0.2, 0) is 9.05 Å². The highest BCUT2D eigenvalue weighted by atomic mass is 35.7. The normalized spacial score (nSPS) is 18.3. The Morgan fingerprint density at radius 1 is 1.40 bits per heavy atom. The van der Waals surface area contributed by atoms with Crippen LogP contribution in [0.2, 0.25) is 0 Å². The maximum absolute atomic E-state index is 11.3. The predicted octanol–water partition coefficient (Wildman–Crippen LogP) is 2.83. The Labute approximate surface area is 97.2 Å². The molecule has 1 aliphatic heterocycles. The molecule has 0 bridgehead atoms. The largest absolute Gasteiger partial charge is 0.474 e. The van der Waals surface area contributed by atoms with Crippen LogP contribution in [0.1, 0.15) is 13.8 Å². The topological polar surface area (TPSA) is 43.4 Å².